The van der Waals surface area contributed by atoms with Gasteiger partial charge in [-0.3, -0.25) is 9.69 Å². The Labute approximate surface area is 131 Å². The number of carbonyl (C=O) groups is 1. The van der Waals surface area contributed by atoms with E-state index in [2.05, 4.69) is 39.5 Å². The number of amides is 1. The quantitative estimate of drug-likeness (QED) is 0.943. The zero-order chi connectivity index (χ0) is 15.4. The zero-order valence-corrected chi connectivity index (χ0v) is 12.8. The standard InChI is InChI=1S/C18H21N3O/c1-14-6-5-9-17(19-14)20-18(22)16-10-11-21(13-16)12-15-7-3-2-4-8-15/h2-9,16H,10-13H2,1H3,(H,19,20,22). The van der Waals surface area contributed by atoms with Gasteiger partial charge in [0.15, 0.2) is 0 Å². The summed E-state index contributed by atoms with van der Waals surface area (Å²) in [6.07, 6.45) is 0.907. The van der Waals surface area contributed by atoms with E-state index in [1.54, 1.807) is 0 Å². The van der Waals surface area contributed by atoms with Crippen LogP contribution >= 0.6 is 0 Å². The minimum atomic E-state index is 0.0472. The van der Waals surface area contributed by atoms with Gasteiger partial charge in [0.25, 0.3) is 0 Å². The molecular weight excluding hydrogens is 274 g/mol. The van der Waals surface area contributed by atoms with Crippen molar-refractivity contribution < 1.29 is 4.79 Å². The van der Waals surface area contributed by atoms with Crippen molar-refractivity contribution in [1.82, 2.24) is 9.88 Å². The number of likely N-dealkylation sites (tertiary alicyclic amines) is 1. The van der Waals surface area contributed by atoms with Crippen LogP contribution in [0.1, 0.15) is 17.7 Å². The topological polar surface area (TPSA) is 45.2 Å². The summed E-state index contributed by atoms with van der Waals surface area (Å²) in [5.41, 5.74) is 2.21. The lowest BCUT2D eigenvalue weighted by molar-refractivity contribution is -0.119. The maximum atomic E-state index is 12.3. The fourth-order valence-electron chi connectivity index (χ4n) is 2.87. The van der Waals surface area contributed by atoms with Gasteiger partial charge in [-0.15, -0.1) is 0 Å². The first-order valence-electron chi connectivity index (χ1n) is 7.71. The first-order valence-corrected chi connectivity index (χ1v) is 7.71. The number of aromatic nitrogens is 1. The van der Waals surface area contributed by atoms with Crippen molar-refractivity contribution >= 4 is 11.7 Å². The lowest BCUT2D eigenvalue weighted by Gasteiger charge is -2.16. The van der Waals surface area contributed by atoms with E-state index in [1.807, 2.05) is 31.2 Å². The van der Waals surface area contributed by atoms with Gasteiger partial charge in [0, 0.05) is 18.8 Å². The summed E-state index contributed by atoms with van der Waals surface area (Å²) in [5.74, 6) is 0.770. The Hall–Kier alpha value is -2.20. The van der Waals surface area contributed by atoms with Gasteiger partial charge in [-0.2, -0.15) is 0 Å². The van der Waals surface area contributed by atoms with Crippen molar-refractivity contribution in [2.75, 3.05) is 18.4 Å². The number of nitrogens with one attached hydrogen (secondary N) is 1. The van der Waals surface area contributed by atoms with E-state index in [4.69, 9.17) is 0 Å². The number of hydrogen-bond donors (Lipinski definition) is 1. The number of benzene rings is 1. The zero-order valence-electron chi connectivity index (χ0n) is 12.8. The van der Waals surface area contributed by atoms with Gasteiger partial charge in [0.1, 0.15) is 5.82 Å². The first kappa shape index (κ1) is 14.7. The summed E-state index contributed by atoms with van der Waals surface area (Å²) in [4.78, 5) is 19.0. The molecule has 0 aliphatic carbocycles. The second kappa shape index (κ2) is 6.71. The molecule has 1 aromatic heterocycles. The molecule has 3 rings (SSSR count). The lowest BCUT2D eigenvalue weighted by Crippen LogP contribution is -2.27. The highest BCUT2D eigenvalue weighted by Crippen LogP contribution is 2.20. The van der Waals surface area contributed by atoms with Gasteiger partial charge in [-0.1, -0.05) is 36.4 Å². The number of rotatable bonds is 4. The lowest BCUT2D eigenvalue weighted by atomic mass is 10.1. The molecule has 1 atom stereocenters. The molecule has 2 aromatic rings. The molecule has 114 valence electrons. The van der Waals surface area contributed by atoms with Crippen LogP contribution in [0.2, 0.25) is 0 Å². The molecule has 1 amide bonds. The van der Waals surface area contributed by atoms with Crippen molar-refractivity contribution in [3.8, 4) is 0 Å². The minimum absolute atomic E-state index is 0.0472. The molecule has 4 heteroatoms. The molecular formula is C18H21N3O. The molecule has 0 spiro atoms. The predicted octanol–water partition coefficient (Wildman–Crippen LogP) is 2.85. The first-order chi connectivity index (χ1) is 10.7. The van der Waals surface area contributed by atoms with Crippen LogP contribution in [0.5, 0.6) is 0 Å². The Morgan fingerprint density at radius 1 is 1.23 bits per heavy atom. The van der Waals surface area contributed by atoms with Gasteiger partial charge in [-0.05, 0) is 37.6 Å². The molecule has 1 aromatic carbocycles. The van der Waals surface area contributed by atoms with Crippen molar-refractivity contribution in [3.63, 3.8) is 0 Å². The Bertz CT molecular complexity index is 642. The maximum absolute atomic E-state index is 12.3. The Morgan fingerprint density at radius 3 is 2.82 bits per heavy atom. The van der Waals surface area contributed by atoms with Crippen LogP contribution in [0.4, 0.5) is 5.82 Å². The Kier molecular flexibility index (Phi) is 4.49. The number of nitrogens with zero attached hydrogens (tertiary/aromatic N) is 2. The van der Waals surface area contributed by atoms with Crippen LogP contribution in [0.15, 0.2) is 48.5 Å². The molecule has 1 aliphatic heterocycles. The van der Waals surface area contributed by atoms with Crippen LogP contribution in [-0.2, 0) is 11.3 Å². The molecule has 22 heavy (non-hydrogen) atoms. The van der Waals surface area contributed by atoms with Crippen LogP contribution in [0.25, 0.3) is 0 Å². The third kappa shape index (κ3) is 3.71. The van der Waals surface area contributed by atoms with E-state index in [1.165, 1.54) is 5.56 Å². The van der Waals surface area contributed by atoms with Crippen molar-refractivity contribution in [2.45, 2.75) is 19.9 Å². The molecule has 4 nitrogen and oxygen atoms in total. The van der Waals surface area contributed by atoms with Gasteiger partial charge in [-0.25, -0.2) is 4.98 Å². The van der Waals surface area contributed by atoms with Gasteiger partial charge < -0.3 is 5.32 Å². The summed E-state index contributed by atoms with van der Waals surface area (Å²) in [6, 6.07) is 16.1. The normalized spacial score (nSPS) is 18.3. The van der Waals surface area contributed by atoms with E-state index in [9.17, 15) is 4.79 Å². The summed E-state index contributed by atoms with van der Waals surface area (Å²) in [6.45, 7) is 4.61. The number of aryl methyl sites for hydroxylation is 1. The van der Waals surface area contributed by atoms with Crippen LogP contribution in [-0.4, -0.2) is 28.9 Å². The third-order valence-corrected chi connectivity index (χ3v) is 4.03. The van der Waals surface area contributed by atoms with Crippen LogP contribution in [0.3, 0.4) is 0 Å². The molecule has 1 saturated heterocycles. The molecule has 0 saturated carbocycles. The van der Waals surface area contributed by atoms with Gasteiger partial charge >= 0.3 is 0 Å². The molecule has 1 unspecified atom stereocenters. The summed E-state index contributed by atoms with van der Waals surface area (Å²) < 4.78 is 0. The SMILES string of the molecule is Cc1cccc(NC(=O)C2CCN(Cc3ccccc3)C2)n1. The molecule has 0 bridgehead atoms. The summed E-state index contributed by atoms with van der Waals surface area (Å²) >= 11 is 0. The molecule has 2 heterocycles. The molecule has 1 fully saturated rings. The number of pyridine rings is 1. The molecule has 0 radical (unpaired) electrons. The van der Waals surface area contributed by atoms with E-state index in [-0.39, 0.29) is 11.8 Å². The average molecular weight is 295 g/mol. The number of anilines is 1. The fraction of sp³-hybridized carbons (Fsp3) is 0.333. The second-order valence-corrected chi connectivity index (χ2v) is 5.86. The summed E-state index contributed by atoms with van der Waals surface area (Å²) in [7, 11) is 0. The Morgan fingerprint density at radius 2 is 2.05 bits per heavy atom. The van der Waals surface area contributed by atoms with Crippen molar-refractivity contribution in [2.24, 2.45) is 5.92 Å². The van der Waals surface area contributed by atoms with Crippen LogP contribution < -0.4 is 5.32 Å². The summed E-state index contributed by atoms with van der Waals surface area (Å²) in [5, 5.41) is 2.93. The van der Waals surface area contributed by atoms with E-state index in [0.717, 1.165) is 31.7 Å². The molecule has 1 N–H and O–H groups in total. The largest absolute Gasteiger partial charge is 0.310 e. The van der Waals surface area contributed by atoms with Crippen molar-refractivity contribution in [1.29, 1.82) is 0 Å². The average Bonchev–Trinajstić information content (AvgIpc) is 2.97. The predicted molar refractivity (Wildman–Crippen MR) is 87.4 cm³/mol. The van der Waals surface area contributed by atoms with Crippen LogP contribution in [0, 0.1) is 12.8 Å². The maximum Gasteiger partial charge on any atom is 0.229 e. The Balaban J connectivity index is 1.55. The fourth-order valence-corrected chi connectivity index (χ4v) is 2.87. The highest BCUT2D eigenvalue weighted by atomic mass is 16.2. The highest BCUT2D eigenvalue weighted by Gasteiger charge is 2.28. The van der Waals surface area contributed by atoms with Crippen molar-refractivity contribution in [3.05, 3.63) is 59.8 Å². The van der Waals surface area contributed by atoms with E-state index < -0.39 is 0 Å². The number of carbonyl (C=O) groups excluding carboxylic acids is 1. The van der Waals surface area contributed by atoms with Gasteiger partial charge in [0.05, 0.1) is 5.92 Å². The minimum Gasteiger partial charge on any atom is -0.310 e. The molecule has 1 aliphatic rings. The monoisotopic (exact) mass is 295 g/mol. The highest BCUT2D eigenvalue weighted by molar-refractivity contribution is 5.92. The second-order valence-electron chi connectivity index (χ2n) is 5.86. The number of hydrogen-bond acceptors (Lipinski definition) is 3. The van der Waals surface area contributed by atoms with Gasteiger partial charge in [0.2, 0.25) is 5.91 Å². The third-order valence-electron chi connectivity index (χ3n) is 4.03. The smallest absolute Gasteiger partial charge is 0.229 e. The van der Waals surface area contributed by atoms with E-state index in [0.29, 0.717) is 5.82 Å². The van der Waals surface area contributed by atoms with E-state index >= 15 is 0 Å².